The summed E-state index contributed by atoms with van der Waals surface area (Å²) in [6, 6.07) is 15.9. The lowest BCUT2D eigenvalue weighted by Crippen LogP contribution is -2.18. The molecule has 3 aromatic carbocycles. The Morgan fingerprint density at radius 2 is 1.76 bits per heavy atom. The quantitative estimate of drug-likeness (QED) is 0.403. The largest absolute Gasteiger partial charge is 0.573 e. The van der Waals surface area contributed by atoms with Crippen molar-refractivity contribution in [2.75, 3.05) is 4.72 Å². The summed E-state index contributed by atoms with van der Waals surface area (Å²) in [5.74, 6) is -0.693. The number of H-pyrrole nitrogens is 1. The zero-order chi connectivity index (χ0) is 23.8. The summed E-state index contributed by atoms with van der Waals surface area (Å²) in [5.41, 5.74) is 0.817. The van der Waals surface area contributed by atoms with Gasteiger partial charge in [0, 0.05) is 6.07 Å². The van der Waals surface area contributed by atoms with Gasteiger partial charge in [0.2, 0.25) is 0 Å². The van der Waals surface area contributed by atoms with E-state index in [9.17, 15) is 26.4 Å². The first-order valence-corrected chi connectivity index (χ1v) is 11.2. The summed E-state index contributed by atoms with van der Waals surface area (Å²) in [6.07, 6.45) is -4.97. The second-order valence-electron chi connectivity index (χ2n) is 6.99. The van der Waals surface area contributed by atoms with Crippen LogP contribution in [-0.4, -0.2) is 24.6 Å². The molecule has 2 N–H and O–H groups in total. The molecule has 0 unspecified atom stereocenters. The summed E-state index contributed by atoms with van der Waals surface area (Å²) < 4.78 is 70.4. The molecule has 12 heteroatoms. The van der Waals surface area contributed by atoms with Crippen LogP contribution in [0.15, 0.2) is 76.4 Å². The maximum absolute atomic E-state index is 12.7. The summed E-state index contributed by atoms with van der Waals surface area (Å²) >= 11 is 6.27. The van der Waals surface area contributed by atoms with Gasteiger partial charge in [-0.2, -0.15) is 0 Å². The monoisotopic (exact) mass is 497 g/mol. The first-order chi connectivity index (χ1) is 15.5. The highest BCUT2D eigenvalue weighted by molar-refractivity contribution is 7.92. The van der Waals surface area contributed by atoms with Crippen LogP contribution in [0.2, 0.25) is 5.02 Å². The molecule has 0 bridgehead atoms. The van der Waals surface area contributed by atoms with Crippen LogP contribution in [0.5, 0.6) is 5.75 Å². The van der Waals surface area contributed by atoms with Gasteiger partial charge in [-0.05, 0) is 29.8 Å². The maximum Gasteiger partial charge on any atom is 0.573 e. The molecule has 33 heavy (non-hydrogen) atoms. The van der Waals surface area contributed by atoms with Gasteiger partial charge in [0.1, 0.15) is 5.75 Å². The Kier molecular flexibility index (Phi) is 5.85. The first-order valence-electron chi connectivity index (χ1n) is 9.36. The van der Waals surface area contributed by atoms with Crippen LogP contribution in [0.1, 0.15) is 5.56 Å². The SMILES string of the molecule is O=c1[nH]n(Cc2ccccc2)c2cc(Cl)c(NS(=O)(=O)c3cccc(OC(F)(F)F)c3)cc12. The molecule has 0 atom stereocenters. The molecule has 4 aromatic rings. The molecule has 0 aliphatic rings. The first kappa shape index (κ1) is 22.7. The number of nitrogens with zero attached hydrogens (tertiary/aromatic N) is 1. The van der Waals surface area contributed by atoms with Crippen molar-refractivity contribution in [2.45, 2.75) is 17.8 Å². The van der Waals surface area contributed by atoms with Crippen molar-refractivity contribution in [2.24, 2.45) is 0 Å². The molecule has 0 aliphatic carbocycles. The fraction of sp³-hybridized carbons (Fsp3) is 0.0952. The third-order valence-corrected chi connectivity index (χ3v) is 6.31. The number of ether oxygens (including phenoxy) is 1. The van der Waals surface area contributed by atoms with E-state index in [1.807, 2.05) is 30.3 Å². The Hall–Kier alpha value is -3.44. The predicted molar refractivity (Wildman–Crippen MR) is 117 cm³/mol. The average molecular weight is 498 g/mol. The fourth-order valence-electron chi connectivity index (χ4n) is 3.22. The molecular weight excluding hydrogens is 483 g/mol. The summed E-state index contributed by atoms with van der Waals surface area (Å²) in [6.45, 7) is 0.354. The summed E-state index contributed by atoms with van der Waals surface area (Å²) in [5, 5.41) is 2.86. The van der Waals surface area contributed by atoms with Gasteiger partial charge in [-0.25, -0.2) is 8.42 Å². The van der Waals surface area contributed by atoms with Gasteiger partial charge in [-0.3, -0.25) is 19.3 Å². The topological polar surface area (TPSA) is 93.2 Å². The molecule has 0 saturated heterocycles. The highest BCUT2D eigenvalue weighted by atomic mass is 35.5. The second kappa shape index (κ2) is 8.49. The van der Waals surface area contributed by atoms with Crippen LogP contribution >= 0.6 is 11.6 Å². The lowest BCUT2D eigenvalue weighted by atomic mass is 10.2. The molecule has 4 rings (SSSR count). The van der Waals surface area contributed by atoms with Gasteiger partial charge in [0.25, 0.3) is 15.6 Å². The molecule has 0 aliphatic heterocycles. The normalized spacial score (nSPS) is 12.1. The Labute approximate surface area is 190 Å². The number of alkyl halides is 3. The summed E-state index contributed by atoms with van der Waals surface area (Å²) in [7, 11) is -4.34. The van der Waals surface area contributed by atoms with E-state index in [2.05, 4.69) is 14.6 Å². The van der Waals surface area contributed by atoms with E-state index < -0.39 is 32.6 Å². The van der Waals surface area contributed by atoms with Crippen molar-refractivity contribution in [3.63, 3.8) is 0 Å². The number of aromatic amines is 1. The third kappa shape index (κ3) is 5.15. The highest BCUT2D eigenvalue weighted by Crippen LogP contribution is 2.30. The molecular formula is C21H15ClF3N3O4S. The van der Waals surface area contributed by atoms with Crippen molar-refractivity contribution in [3.8, 4) is 5.75 Å². The number of fused-ring (bicyclic) bond motifs is 1. The van der Waals surface area contributed by atoms with E-state index in [0.717, 1.165) is 29.8 Å². The number of hydrogen-bond acceptors (Lipinski definition) is 4. The average Bonchev–Trinajstić information content (AvgIpc) is 3.02. The molecule has 1 heterocycles. The van der Waals surface area contributed by atoms with Crippen molar-refractivity contribution in [1.82, 2.24) is 9.78 Å². The van der Waals surface area contributed by atoms with E-state index in [4.69, 9.17) is 11.6 Å². The van der Waals surface area contributed by atoms with E-state index in [1.165, 1.54) is 12.1 Å². The lowest BCUT2D eigenvalue weighted by Gasteiger charge is -2.13. The molecule has 172 valence electrons. The molecule has 0 spiro atoms. The number of sulfonamides is 1. The molecule has 0 saturated carbocycles. The lowest BCUT2D eigenvalue weighted by molar-refractivity contribution is -0.274. The molecule has 0 amide bonds. The number of anilines is 1. The van der Waals surface area contributed by atoms with Gasteiger partial charge >= 0.3 is 6.36 Å². The van der Waals surface area contributed by atoms with Crippen molar-refractivity contribution >= 4 is 38.2 Å². The zero-order valence-corrected chi connectivity index (χ0v) is 18.1. The van der Waals surface area contributed by atoms with Crippen molar-refractivity contribution < 1.29 is 26.3 Å². The Balaban J connectivity index is 1.67. The summed E-state index contributed by atoms with van der Waals surface area (Å²) in [4.78, 5) is 12.0. The molecule has 0 fully saturated rings. The van der Waals surface area contributed by atoms with Crippen LogP contribution in [0.25, 0.3) is 10.9 Å². The van der Waals surface area contributed by atoms with Gasteiger partial charge in [-0.1, -0.05) is 48.0 Å². The molecule has 1 aromatic heterocycles. The zero-order valence-electron chi connectivity index (χ0n) is 16.6. The van der Waals surface area contributed by atoms with Gasteiger partial charge < -0.3 is 4.74 Å². The molecule has 0 radical (unpaired) electrons. The number of benzene rings is 3. The number of rotatable bonds is 6. The Morgan fingerprint density at radius 1 is 1.03 bits per heavy atom. The highest BCUT2D eigenvalue weighted by Gasteiger charge is 2.31. The van der Waals surface area contributed by atoms with Gasteiger partial charge in [0.05, 0.1) is 33.1 Å². The smallest absolute Gasteiger partial charge is 0.406 e. The minimum absolute atomic E-state index is 0.00502. The number of nitrogens with one attached hydrogen (secondary N) is 2. The van der Waals surface area contributed by atoms with Crippen LogP contribution in [0.4, 0.5) is 18.9 Å². The minimum atomic E-state index is -4.97. The standard InChI is InChI=1S/C21H15ClF3N3O4S/c22-17-11-19-16(20(29)26-28(19)12-13-5-2-1-3-6-13)10-18(17)27-33(30,31)15-8-4-7-14(9-15)32-21(23,24)25/h1-11,27H,12H2,(H,26,29). The van der Waals surface area contributed by atoms with Gasteiger partial charge in [-0.15, -0.1) is 13.2 Å². The van der Waals surface area contributed by atoms with Crippen LogP contribution in [0, 0.1) is 0 Å². The fourth-order valence-corrected chi connectivity index (χ4v) is 4.59. The van der Waals surface area contributed by atoms with Crippen molar-refractivity contribution in [3.05, 3.63) is 87.7 Å². The van der Waals surface area contributed by atoms with E-state index in [1.54, 1.807) is 4.68 Å². The van der Waals surface area contributed by atoms with Crippen LogP contribution < -0.4 is 15.0 Å². The second-order valence-corrected chi connectivity index (χ2v) is 9.08. The Bertz CT molecular complexity index is 1480. The molecule has 7 nitrogen and oxygen atoms in total. The third-order valence-electron chi connectivity index (χ3n) is 4.63. The van der Waals surface area contributed by atoms with Crippen LogP contribution in [0.3, 0.4) is 0 Å². The van der Waals surface area contributed by atoms with Gasteiger partial charge in [0.15, 0.2) is 0 Å². The van der Waals surface area contributed by atoms with Crippen LogP contribution in [-0.2, 0) is 16.6 Å². The minimum Gasteiger partial charge on any atom is -0.406 e. The number of aromatic nitrogens is 2. The van der Waals surface area contributed by atoms with E-state index >= 15 is 0 Å². The van der Waals surface area contributed by atoms with Crippen molar-refractivity contribution in [1.29, 1.82) is 0 Å². The number of halogens is 4. The predicted octanol–water partition coefficient (Wildman–Crippen LogP) is 4.73. The van der Waals surface area contributed by atoms with E-state index in [-0.39, 0.29) is 16.1 Å². The Morgan fingerprint density at radius 3 is 2.45 bits per heavy atom. The van der Waals surface area contributed by atoms with E-state index in [0.29, 0.717) is 12.1 Å². The number of hydrogen-bond donors (Lipinski definition) is 2. The maximum atomic E-state index is 12.7.